The molecular weight excluding hydrogens is 404 g/mol. The number of rotatable bonds is 8. The second-order valence-electron chi connectivity index (χ2n) is 6.92. The Morgan fingerprint density at radius 1 is 1.09 bits per heavy atom. The molecule has 32 heavy (non-hydrogen) atoms. The van der Waals surface area contributed by atoms with E-state index in [1.54, 1.807) is 33.8 Å². The van der Waals surface area contributed by atoms with Crippen molar-refractivity contribution in [1.29, 1.82) is 0 Å². The van der Waals surface area contributed by atoms with E-state index >= 15 is 0 Å². The summed E-state index contributed by atoms with van der Waals surface area (Å²) >= 11 is 0. The highest BCUT2D eigenvalue weighted by Gasteiger charge is 2.12. The smallest absolute Gasteiger partial charge is 0.180 e. The number of fused-ring (bicyclic) bond motifs is 1. The summed E-state index contributed by atoms with van der Waals surface area (Å²) in [6, 6.07) is 13.6. The third-order valence-corrected chi connectivity index (χ3v) is 4.92. The fourth-order valence-electron chi connectivity index (χ4n) is 3.27. The van der Waals surface area contributed by atoms with Crippen LogP contribution in [0.2, 0.25) is 0 Å². The molecule has 0 atom stereocenters. The Morgan fingerprint density at radius 3 is 2.59 bits per heavy atom. The van der Waals surface area contributed by atoms with Gasteiger partial charge in [0.1, 0.15) is 0 Å². The summed E-state index contributed by atoms with van der Waals surface area (Å²) in [5, 5.41) is 6.39. The van der Waals surface area contributed by atoms with Gasteiger partial charge < -0.3 is 24.5 Å². The van der Waals surface area contributed by atoms with Gasteiger partial charge in [-0.3, -0.25) is 4.99 Å². The number of nitrogens with zero attached hydrogens (tertiary/aromatic N) is 4. The van der Waals surface area contributed by atoms with E-state index in [-0.39, 0.29) is 0 Å². The predicted octanol–water partition coefficient (Wildman–Crippen LogP) is 4.38. The highest BCUT2D eigenvalue weighted by molar-refractivity contribution is 5.77. The summed E-state index contributed by atoms with van der Waals surface area (Å²) in [5.74, 6) is 1.92. The summed E-state index contributed by atoms with van der Waals surface area (Å²) in [5.41, 5.74) is 5.05. The molecule has 4 rings (SSSR count). The molecular formula is C24H24N6O2. The number of aliphatic imine (C=N–C) groups is 1. The van der Waals surface area contributed by atoms with Crippen molar-refractivity contribution in [3.63, 3.8) is 0 Å². The lowest BCUT2D eigenvalue weighted by molar-refractivity contribution is 0.355. The van der Waals surface area contributed by atoms with Gasteiger partial charge in [0, 0.05) is 48.7 Å². The molecule has 8 heteroatoms. The molecule has 4 aromatic rings. The van der Waals surface area contributed by atoms with Gasteiger partial charge in [-0.25, -0.2) is 9.97 Å². The molecule has 0 saturated carbocycles. The van der Waals surface area contributed by atoms with Crippen LogP contribution in [-0.2, 0) is 0 Å². The number of hydrogen-bond acceptors (Lipinski definition) is 6. The summed E-state index contributed by atoms with van der Waals surface area (Å²) < 4.78 is 12.7. The zero-order valence-electron chi connectivity index (χ0n) is 18.2. The molecule has 0 unspecified atom stereocenters. The number of methoxy groups -OCH3 is 2. The van der Waals surface area contributed by atoms with Crippen molar-refractivity contribution in [2.24, 2.45) is 4.99 Å². The van der Waals surface area contributed by atoms with Crippen LogP contribution in [0.4, 0.5) is 11.5 Å². The fraction of sp³-hybridized carbons (Fsp3) is 0.125. The zero-order valence-corrected chi connectivity index (χ0v) is 18.2. The van der Waals surface area contributed by atoms with Gasteiger partial charge in [-0.15, -0.1) is 0 Å². The van der Waals surface area contributed by atoms with Gasteiger partial charge >= 0.3 is 0 Å². The van der Waals surface area contributed by atoms with Crippen LogP contribution in [0.1, 0.15) is 5.56 Å². The number of hydrogen-bond donors (Lipinski definition) is 2. The molecule has 0 bridgehead atoms. The Balaban J connectivity index is 1.67. The SMILES string of the molecule is C=C(NC=NC)c1ccc(-c2cn3ccnc3c(Nc3ccc(OC)c(OC)c3)n2)cc1. The Morgan fingerprint density at radius 2 is 1.88 bits per heavy atom. The van der Waals surface area contributed by atoms with Crippen molar-refractivity contribution in [2.45, 2.75) is 0 Å². The summed E-state index contributed by atoms with van der Waals surface area (Å²) in [6.07, 6.45) is 7.20. The van der Waals surface area contributed by atoms with Crippen LogP contribution in [0.15, 0.2) is 72.6 Å². The van der Waals surface area contributed by atoms with E-state index in [9.17, 15) is 0 Å². The van der Waals surface area contributed by atoms with Crippen LogP contribution in [-0.4, -0.2) is 42.0 Å². The maximum atomic E-state index is 5.41. The second kappa shape index (κ2) is 9.22. The summed E-state index contributed by atoms with van der Waals surface area (Å²) in [7, 11) is 4.92. The molecule has 2 aromatic heterocycles. The van der Waals surface area contributed by atoms with Gasteiger partial charge in [0.15, 0.2) is 23.0 Å². The first-order valence-corrected chi connectivity index (χ1v) is 9.92. The van der Waals surface area contributed by atoms with Crippen LogP contribution in [0, 0.1) is 0 Å². The average Bonchev–Trinajstić information content (AvgIpc) is 3.31. The van der Waals surface area contributed by atoms with E-state index in [0.29, 0.717) is 17.3 Å². The minimum atomic E-state index is 0.630. The highest BCUT2D eigenvalue weighted by Crippen LogP contribution is 2.32. The monoisotopic (exact) mass is 428 g/mol. The molecule has 162 valence electrons. The van der Waals surface area contributed by atoms with Crippen LogP contribution in [0.25, 0.3) is 22.6 Å². The normalized spacial score (nSPS) is 11.0. The number of aromatic nitrogens is 3. The van der Waals surface area contributed by atoms with Gasteiger partial charge in [-0.05, 0) is 17.7 Å². The van der Waals surface area contributed by atoms with Gasteiger partial charge in [0.2, 0.25) is 0 Å². The molecule has 0 fully saturated rings. The Bertz CT molecular complexity index is 1280. The average molecular weight is 428 g/mol. The Kier molecular flexibility index (Phi) is 6.03. The molecule has 0 aliphatic carbocycles. The first kappa shape index (κ1) is 20.9. The number of ether oxygens (including phenoxy) is 2. The topological polar surface area (TPSA) is 85.1 Å². The number of benzene rings is 2. The maximum Gasteiger partial charge on any atom is 0.180 e. The molecule has 0 spiro atoms. The third kappa shape index (κ3) is 4.24. The second-order valence-corrected chi connectivity index (χ2v) is 6.92. The summed E-state index contributed by atoms with van der Waals surface area (Å²) in [4.78, 5) is 13.2. The lowest BCUT2D eigenvalue weighted by atomic mass is 10.1. The molecule has 8 nitrogen and oxygen atoms in total. The molecule has 0 aliphatic heterocycles. The van der Waals surface area contributed by atoms with E-state index in [1.807, 2.05) is 59.3 Å². The van der Waals surface area contributed by atoms with Crippen LogP contribution >= 0.6 is 0 Å². The number of imidazole rings is 1. The maximum absolute atomic E-state index is 5.41. The van der Waals surface area contributed by atoms with Crippen LogP contribution in [0.5, 0.6) is 11.5 Å². The van der Waals surface area contributed by atoms with E-state index in [4.69, 9.17) is 14.5 Å². The minimum absolute atomic E-state index is 0.630. The quantitative estimate of drug-likeness (QED) is 0.320. The number of nitrogens with one attached hydrogen (secondary N) is 2. The van der Waals surface area contributed by atoms with Gasteiger partial charge in [0.25, 0.3) is 0 Å². The van der Waals surface area contributed by atoms with Crippen LogP contribution in [0.3, 0.4) is 0 Å². The Hall–Kier alpha value is -4.33. The molecule has 2 N–H and O–H groups in total. The van der Waals surface area contributed by atoms with E-state index < -0.39 is 0 Å². The van der Waals surface area contributed by atoms with Crippen molar-refractivity contribution in [3.05, 3.63) is 73.2 Å². The van der Waals surface area contributed by atoms with Gasteiger partial charge in [-0.2, -0.15) is 0 Å². The lowest BCUT2D eigenvalue weighted by Gasteiger charge is -2.13. The van der Waals surface area contributed by atoms with Crippen molar-refractivity contribution < 1.29 is 9.47 Å². The number of anilines is 2. The fourth-order valence-corrected chi connectivity index (χ4v) is 3.27. The van der Waals surface area contributed by atoms with E-state index in [0.717, 1.165) is 33.9 Å². The molecule has 0 saturated heterocycles. The molecule has 0 aliphatic rings. The summed E-state index contributed by atoms with van der Waals surface area (Å²) in [6.45, 7) is 4.03. The molecule has 2 heterocycles. The van der Waals surface area contributed by atoms with Gasteiger partial charge in [0.05, 0.1) is 26.3 Å². The van der Waals surface area contributed by atoms with Gasteiger partial charge in [-0.1, -0.05) is 30.8 Å². The van der Waals surface area contributed by atoms with Crippen molar-refractivity contribution in [2.75, 3.05) is 26.6 Å². The Labute approximate surface area is 186 Å². The third-order valence-electron chi connectivity index (χ3n) is 4.92. The standard InChI is InChI=1S/C24H24N6O2/c1-16(27-15-25-2)17-5-7-18(8-6-17)20-14-30-12-11-26-24(30)23(29-20)28-19-9-10-21(31-3)22(13-19)32-4/h5-15H,1H2,2-4H3,(H,25,27)(H,28,29). The van der Waals surface area contributed by atoms with Crippen molar-refractivity contribution in [3.8, 4) is 22.8 Å². The molecule has 0 radical (unpaired) electrons. The van der Waals surface area contributed by atoms with E-state index in [1.165, 1.54) is 0 Å². The molecule has 0 amide bonds. The zero-order chi connectivity index (χ0) is 22.5. The lowest BCUT2D eigenvalue weighted by Crippen LogP contribution is -2.07. The predicted molar refractivity (Wildman–Crippen MR) is 128 cm³/mol. The largest absolute Gasteiger partial charge is 0.493 e. The first-order chi connectivity index (χ1) is 15.6. The first-order valence-electron chi connectivity index (χ1n) is 9.92. The highest BCUT2D eigenvalue weighted by atomic mass is 16.5. The molecule has 2 aromatic carbocycles. The minimum Gasteiger partial charge on any atom is -0.493 e. The van der Waals surface area contributed by atoms with Crippen molar-refractivity contribution in [1.82, 2.24) is 19.7 Å². The van der Waals surface area contributed by atoms with E-state index in [2.05, 4.69) is 27.2 Å². The van der Waals surface area contributed by atoms with Crippen molar-refractivity contribution >= 4 is 29.2 Å². The van der Waals surface area contributed by atoms with Crippen LogP contribution < -0.4 is 20.1 Å².